The molecule has 38 heavy (non-hydrogen) atoms. The number of hydrogen-bond acceptors (Lipinski definition) is 3. The molecule has 0 radical (unpaired) electrons. The Morgan fingerprint density at radius 1 is 0.711 bits per heavy atom. The Labute approximate surface area is 218 Å². The highest BCUT2D eigenvalue weighted by Gasteiger charge is 2.32. The molecule has 1 heterocycles. The number of carbonyl (C=O) groups is 3. The van der Waals surface area contributed by atoms with Gasteiger partial charge in [-0.3, -0.25) is 19.3 Å². The summed E-state index contributed by atoms with van der Waals surface area (Å²) in [6.45, 7) is 0.410. The second-order valence-corrected chi connectivity index (χ2v) is 9.29. The fraction of sp³-hybridized carbons (Fsp3) is 0.0938. The van der Waals surface area contributed by atoms with E-state index in [1.165, 1.54) is 29.2 Å². The minimum absolute atomic E-state index is 0.153. The first kappa shape index (κ1) is 23.6. The predicted molar refractivity (Wildman–Crippen MR) is 146 cm³/mol. The zero-order valence-corrected chi connectivity index (χ0v) is 20.4. The minimum atomic E-state index is -0.421. The molecule has 5 aromatic rings. The fourth-order valence-electron chi connectivity index (χ4n) is 5.19. The molecule has 0 fully saturated rings. The zero-order chi connectivity index (χ0) is 26.2. The van der Waals surface area contributed by atoms with Crippen LogP contribution in [0.15, 0.2) is 103 Å². The van der Waals surface area contributed by atoms with E-state index < -0.39 is 5.82 Å². The zero-order valence-electron chi connectivity index (χ0n) is 20.4. The van der Waals surface area contributed by atoms with Crippen molar-refractivity contribution in [3.05, 3.63) is 126 Å². The lowest BCUT2D eigenvalue weighted by Crippen LogP contribution is -2.42. The number of rotatable bonds is 6. The SMILES string of the molecule is O=C1c2cccc3cccc(c23)C(=O)N1CCCN(C(=O)c1ccc(F)cc1)c1cccc2ccccc12. The average molecular weight is 503 g/mol. The van der Waals surface area contributed by atoms with E-state index in [9.17, 15) is 18.8 Å². The van der Waals surface area contributed by atoms with Crippen LogP contribution < -0.4 is 4.90 Å². The number of imide groups is 1. The molecule has 5 nitrogen and oxygen atoms in total. The highest BCUT2D eigenvalue weighted by atomic mass is 19.1. The first-order chi connectivity index (χ1) is 18.5. The molecule has 0 bridgehead atoms. The summed E-state index contributed by atoms with van der Waals surface area (Å²) in [5, 5.41) is 3.42. The molecule has 0 N–H and O–H groups in total. The first-order valence-electron chi connectivity index (χ1n) is 12.5. The van der Waals surface area contributed by atoms with Crippen LogP contribution in [0.4, 0.5) is 10.1 Å². The molecule has 0 saturated carbocycles. The molecule has 6 rings (SSSR count). The van der Waals surface area contributed by atoms with Crippen LogP contribution in [0.25, 0.3) is 21.5 Å². The van der Waals surface area contributed by atoms with Crippen LogP contribution in [0.1, 0.15) is 37.5 Å². The summed E-state index contributed by atoms with van der Waals surface area (Å²) in [5.74, 6) is -1.37. The lowest BCUT2D eigenvalue weighted by molar-refractivity contribution is 0.0610. The van der Waals surface area contributed by atoms with Gasteiger partial charge in [0.05, 0.1) is 5.69 Å². The molecule has 186 valence electrons. The van der Waals surface area contributed by atoms with Gasteiger partial charge in [-0.15, -0.1) is 0 Å². The maximum absolute atomic E-state index is 13.7. The lowest BCUT2D eigenvalue weighted by atomic mass is 9.94. The third-order valence-corrected chi connectivity index (χ3v) is 7.01. The van der Waals surface area contributed by atoms with Crippen LogP contribution in [0.2, 0.25) is 0 Å². The molecule has 0 aromatic heterocycles. The Kier molecular flexibility index (Phi) is 5.92. The second-order valence-electron chi connectivity index (χ2n) is 9.29. The standard InChI is InChI=1S/C32H23FN2O3/c33-24-17-15-23(16-18-24)30(36)34(28-14-5-8-21-7-1-2-11-25(21)28)19-6-20-35-31(37)26-12-3-9-22-10-4-13-27(29(22)26)32(35)38/h1-5,7-18H,6,19-20H2. The number of hydrogen-bond donors (Lipinski definition) is 0. The van der Waals surface area contributed by atoms with Crippen molar-refractivity contribution in [1.29, 1.82) is 0 Å². The van der Waals surface area contributed by atoms with E-state index in [1.54, 1.807) is 17.0 Å². The lowest BCUT2D eigenvalue weighted by Gasteiger charge is -2.29. The number of anilines is 1. The van der Waals surface area contributed by atoms with Crippen molar-refractivity contribution in [1.82, 2.24) is 4.90 Å². The van der Waals surface area contributed by atoms with E-state index in [0.717, 1.165) is 16.2 Å². The van der Waals surface area contributed by atoms with E-state index >= 15 is 0 Å². The molecule has 0 spiro atoms. The Bertz CT molecular complexity index is 1670. The number of carbonyl (C=O) groups excluding carboxylic acids is 3. The third kappa shape index (κ3) is 4.00. The summed E-state index contributed by atoms with van der Waals surface area (Å²) in [6.07, 6.45) is 0.367. The minimum Gasteiger partial charge on any atom is -0.308 e. The Balaban J connectivity index is 1.30. The van der Waals surface area contributed by atoms with Gasteiger partial charge in [0.1, 0.15) is 5.82 Å². The van der Waals surface area contributed by atoms with E-state index in [4.69, 9.17) is 0 Å². The number of benzene rings is 5. The third-order valence-electron chi connectivity index (χ3n) is 7.01. The molecule has 0 atom stereocenters. The largest absolute Gasteiger partial charge is 0.308 e. The molecular weight excluding hydrogens is 479 g/mol. The van der Waals surface area contributed by atoms with Crippen molar-refractivity contribution in [2.24, 2.45) is 0 Å². The van der Waals surface area contributed by atoms with Crippen molar-refractivity contribution in [3.8, 4) is 0 Å². The van der Waals surface area contributed by atoms with Crippen molar-refractivity contribution in [2.75, 3.05) is 18.0 Å². The summed E-state index contributed by atoms with van der Waals surface area (Å²) in [7, 11) is 0. The summed E-state index contributed by atoms with van der Waals surface area (Å²) in [5.41, 5.74) is 2.07. The van der Waals surface area contributed by atoms with Gasteiger partial charge < -0.3 is 4.90 Å². The van der Waals surface area contributed by atoms with Crippen LogP contribution in [-0.2, 0) is 0 Å². The van der Waals surface area contributed by atoms with Crippen molar-refractivity contribution < 1.29 is 18.8 Å². The van der Waals surface area contributed by atoms with Crippen molar-refractivity contribution in [3.63, 3.8) is 0 Å². The van der Waals surface area contributed by atoms with Gasteiger partial charge >= 0.3 is 0 Å². The molecule has 3 amide bonds. The normalized spacial score (nSPS) is 12.8. The average Bonchev–Trinajstić information content (AvgIpc) is 2.95. The number of nitrogens with zero attached hydrogens (tertiary/aromatic N) is 2. The summed E-state index contributed by atoms with van der Waals surface area (Å²) < 4.78 is 13.6. The highest BCUT2D eigenvalue weighted by Crippen LogP contribution is 2.31. The Morgan fingerprint density at radius 3 is 2.03 bits per heavy atom. The molecule has 5 aromatic carbocycles. The monoisotopic (exact) mass is 502 g/mol. The van der Waals surface area contributed by atoms with Crippen LogP contribution in [-0.4, -0.2) is 35.7 Å². The predicted octanol–water partition coefficient (Wildman–Crippen LogP) is 6.47. The van der Waals surface area contributed by atoms with E-state index in [0.29, 0.717) is 34.2 Å². The fourth-order valence-corrected chi connectivity index (χ4v) is 5.19. The number of amides is 3. The Morgan fingerprint density at radius 2 is 1.32 bits per heavy atom. The van der Waals surface area contributed by atoms with E-state index in [2.05, 4.69) is 0 Å². The van der Waals surface area contributed by atoms with E-state index in [1.807, 2.05) is 66.7 Å². The first-order valence-corrected chi connectivity index (χ1v) is 12.5. The van der Waals surface area contributed by atoms with Crippen LogP contribution >= 0.6 is 0 Å². The van der Waals surface area contributed by atoms with Crippen LogP contribution in [0.3, 0.4) is 0 Å². The molecule has 1 aliphatic rings. The molecule has 1 aliphatic heterocycles. The summed E-state index contributed by atoms with van der Waals surface area (Å²) in [6, 6.07) is 29.9. The van der Waals surface area contributed by atoms with Crippen LogP contribution in [0.5, 0.6) is 0 Å². The Hall–Kier alpha value is -4.84. The second kappa shape index (κ2) is 9.56. The van der Waals surface area contributed by atoms with Gasteiger partial charge in [-0.05, 0) is 59.7 Å². The quantitative estimate of drug-likeness (QED) is 0.250. The topological polar surface area (TPSA) is 57.7 Å². The van der Waals surface area contributed by atoms with Gasteiger partial charge in [0.2, 0.25) is 0 Å². The molecule has 0 aliphatic carbocycles. The smallest absolute Gasteiger partial charge is 0.261 e. The summed E-state index contributed by atoms with van der Waals surface area (Å²) >= 11 is 0. The van der Waals surface area contributed by atoms with E-state index in [-0.39, 0.29) is 30.8 Å². The van der Waals surface area contributed by atoms with Gasteiger partial charge in [0.25, 0.3) is 17.7 Å². The van der Waals surface area contributed by atoms with Gasteiger partial charge in [-0.2, -0.15) is 0 Å². The van der Waals surface area contributed by atoms with Gasteiger partial charge in [-0.1, -0.05) is 60.7 Å². The maximum Gasteiger partial charge on any atom is 0.261 e. The van der Waals surface area contributed by atoms with Gasteiger partial charge in [0.15, 0.2) is 0 Å². The van der Waals surface area contributed by atoms with Crippen molar-refractivity contribution in [2.45, 2.75) is 6.42 Å². The molecular formula is C32H23FN2O3. The van der Waals surface area contributed by atoms with Gasteiger partial charge in [0, 0.05) is 40.6 Å². The van der Waals surface area contributed by atoms with Crippen LogP contribution in [0, 0.1) is 5.82 Å². The molecule has 6 heteroatoms. The summed E-state index contributed by atoms with van der Waals surface area (Å²) in [4.78, 5) is 43.2. The van der Waals surface area contributed by atoms with Crippen molar-refractivity contribution >= 4 is 45.0 Å². The molecule has 0 unspecified atom stereocenters. The maximum atomic E-state index is 13.7. The number of halogens is 1. The number of fused-ring (bicyclic) bond motifs is 1. The molecule has 0 saturated heterocycles. The van der Waals surface area contributed by atoms with Gasteiger partial charge in [-0.25, -0.2) is 4.39 Å². The highest BCUT2D eigenvalue weighted by molar-refractivity contribution is 6.25.